The summed E-state index contributed by atoms with van der Waals surface area (Å²) in [6.45, 7) is 10.1. The lowest BCUT2D eigenvalue weighted by molar-refractivity contribution is -0.173. The van der Waals surface area contributed by atoms with Crippen molar-refractivity contribution >= 4 is 17.6 Å². The molecular formula is C25H29F2NO3. The lowest BCUT2D eigenvalue weighted by Crippen LogP contribution is -2.34. The topological polar surface area (TPSA) is 55.4 Å². The predicted octanol–water partition coefficient (Wildman–Crippen LogP) is 5.94. The Balaban J connectivity index is 1.80. The van der Waals surface area contributed by atoms with Crippen LogP contribution >= 0.6 is 0 Å². The molecule has 2 aromatic rings. The average Bonchev–Trinajstić information content (AvgIpc) is 2.72. The number of fused-ring (bicyclic) bond motifs is 1. The first-order chi connectivity index (χ1) is 14.4. The van der Waals surface area contributed by atoms with Crippen molar-refractivity contribution < 1.29 is 23.1 Å². The van der Waals surface area contributed by atoms with E-state index in [0.29, 0.717) is 11.3 Å². The average molecular weight is 430 g/mol. The summed E-state index contributed by atoms with van der Waals surface area (Å²) in [6.07, 6.45) is 2.12. The minimum atomic E-state index is -3.74. The first-order valence-corrected chi connectivity index (χ1v) is 10.5. The Kier molecular flexibility index (Phi) is 5.96. The molecule has 0 atom stereocenters. The second-order valence-electron chi connectivity index (χ2n) is 9.35. The van der Waals surface area contributed by atoms with Gasteiger partial charge in [-0.05, 0) is 66.0 Å². The number of hydrogen-bond donors (Lipinski definition) is 1. The van der Waals surface area contributed by atoms with Gasteiger partial charge in [0, 0.05) is 16.8 Å². The van der Waals surface area contributed by atoms with E-state index < -0.39 is 17.5 Å². The van der Waals surface area contributed by atoms with E-state index in [-0.39, 0.29) is 23.3 Å². The molecule has 1 amide bonds. The van der Waals surface area contributed by atoms with E-state index >= 15 is 0 Å². The van der Waals surface area contributed by atoms with Crippen LogP contribution in [0.3, 0.4) is 0 Å². The lowest BCUT2D eigenvalue weighted by atomic mass is 9.63. The van der Waals surface area contributed by atoms with Gasteiger partial charge in [0.1, 0.15) is 0 Å². The molecule has 166 valence electrons. The van der Waals surface area contributed by atoms with Gasteiger partial charge in [-0.15, -0.1) is 0 Å². The quantitative estimate of drug-likeness (QED) is 0.598. The van der Waals surface area contributed by atoms with Crippen molar-refractivity contribution in [3.63, 3.8) is 0 Å². The van der Waals surface area contributed by atoms with Gasteiger partial charge in [0.2, 0.25) is 0 Å². The summed E-state index contributed by atoms with van der Waals surface area (Å²) in [6, 6.07) is 10.7. The number of amides is 1. The van der Waals surface area contributed by atoms with Gasteiger partial charge in [-0.2, -0.15) is 8.78 Å². The summed E-state index contributed by atoms with van der Waals surface area (Å²) < 4.78 is 32.7. The van der Waals surface area contributed by atoms with Crippen molar-refractivity contribution in [3.8, 4) is 0 Å². The van der Waals surface area contributed by atoms with E-state index in [0.717, 1.165) is 25.0 Å². The van der Waals surface area contributed by atoms with Crippen LogP contribution in [0.1, 0.15) is 74.5 Å². The normalized spacial score (nSPS) is 16.9. The Morgan fingerprint density at radius 1 is 0.968 bits per heavy atom. The maximum Gasteiger partial charge on any atom is 0.381 e. The SMILES string of the molecule is CCOC(=O)C(F)(F)c1ccc(NC(=O)c2ccc3c(c2)C(C)(C)CCC3(C)C)cc1. The lowest BCUT2D eigenvalue weighted by Gasteiger charge is -2.42. The Bertz CT molecular complexity index is 994. The van der Waals surface area contributed by atoms with Crippen LogP contribution in [0, 0.1) is 0 Å². The van der Waals surface area contributed by atoms with Gasteiger partial charge >= 0.3 is 11.9 Å². The molecule has 0 bridgehead atoms. The van der Waals surface area contributed by atoms with Crippen molar-refractivity contribution in [2.75, 3.05) is 11.9 Å². The number of benzene rings is 2. The number of rotatable bonds is 5. The molecule has 0 radical (unpaired) electrons. The first-order valence-electron chi connectivity index (χ1n) is 10.5. The van der Waals surface area contributed by atoms with Crippen molar-refractivity contribution in [2.24, 2.45) is 0 Å². The summed E-state index contributed by atoms with van der Waals surface area (Å²) in [5, 5.41) is 2.75. The Labute approximate surface area is 182 Å². The molecule has 0 heterocycles. The molecule has 0 spiro atoms. The van der Waals surface area contributed by atoms with E-state index in [1.807, 2.05) is 12.1 Å². The number of ether oxygens (including phenoxy) is 1. The van der Waals surface area contributed by atoms with Gasteiger partial charge < -0.3 is 10.1 Å². The van der Waals surface area contributed by atoms with Gasteiger partial charge in [0.05, 0.1) is 6.61 Å². The third-order valence-corrected chi connectivity index (χ3v) is 6.15. The van der Waals surface area contributed by atoms with E-state index in [1.54, 1.807) is 6.07 Å². The number of halogens is 2. The fourth-order valence-electron chi connectivity index (χ4n) is 4.04. The highest BCUT2D eigenvalue weighted by molar-refractivity contribution is 6.04. The molecule has 6 heteroatoms. The molecule has 1 N–H and O–H groups in total. The van der Waals surface area contributed by atoms with E-state index in [4.69, 9.17) is 0 Å². The third kappa shape index (κ3) is 4.48. The van der Waals surface area contributed by atoms with Gasteiger partial charge in [0.15, 0.2) is 0 Å². The number of esters is 1. The van der Waals surface area contributed by atoms with E-state index in [9.17, 15) is 18.4 Å². The van der Waals surface area contributed by atoms with Crippen molar-refractivity contribution in [1.29, 1.82) is 0 Å². The van der Waals surface area contributed by atoms with Crippen molar-refractivity contribution in [3.05, 3.63) is 64.7 Å². The molecule has 0 aliphatic heterocycles. The molecular weight excluding hydrogens is 400 g/mol. The maximum atomic E-state index is 14.1. The second kappa shape index (κ2) is 8.06. The van der Waals surface area contributed by atoms with E-state index in [1.165, 1.54) is 30.2 Å². The van der Waals surface area contributed by atoms with Crippen LogP contribution in [0.25, 0.3) is 0 Å². The van der Waals surface area contributed by atoms with Gasteiger partial charge in [-0.3, -0.25) is 4.79 Å². The summed E-state index contributed by atoms with van der Waals surface area (Å²) in [4.78, 5) is 24.3. The molecule has 0 fully saturated rings. The van der Waals surface area contributed by atoms with Crippen LogP contribution in [0.4, 0.5) is 14.5 Å². The monoisotopic (exact) mass is 429 g/mol. The molecule has 0 saturated carbocycles. The highest BCUT2D eigenvalue weighted by Crippen LogP contribution is 2.46. The highest BCUT2D eigenvalue weighted by atomic mass is 19.3. The predicted molar refractivity (Wildman–Crippen MR) is 117 cm³/mol. The Hall–Kier alpha value is -2.76. The van der Waals surface area contributed by atoms with Crippen LogP contribution in [0.2, 0.25) is 0 Å². The molecule has 4 nitrogen and oxygen atoms in total. The number of anilines is 1. The zero-order valence-corrected chi connectivity index (χ0v) is 18.6. The van der Waals surface area contributed by atoms with Crippen molar-refractivity contribution in [2.45, 2.75) is 64.2 Å². The highest BCUT2D eigenvalue weighted by Gasteiger charge is 2.42. The van der Waals surface area contributed by atoms with E-state index in [2.05, 4.69) is 37.7 Å². The number of nitrogens with one attached hydrogen (secondary N) is 1. The molecule has 0 saturated heterocycles. The van der Waals surface area contributed by atoms with Crippen LogP contribution in [-0.2, 0) is 26.3 Å². The smallest absolute Gasteiger partial charge is 0.381 e. The molecule has 1 aliphatic rings. The van der Waals surface area contributed by atoms with Gasteiger partial charge in [-0.1, -0.05) is 45.9 Å². The summed E-state index contributed by atoms with van der Waals surface area (Å²) in [5.74, 6) is -5.65. The minimum Gasteiger partial charge on any atom is -0.461 e. The molecule has 31 heavy (non-hydrogen) atoms. The fraction of sp³-hybridized carbons (Fsp3) is 0.440. The molecule has 3 rings (SSSR count). The molecule has 0 aromatic heterocycles. The number of carbonyl (C=O) groups is 2. The van der Waals surface area contributed by atoms with Crippen molar-refractivity contribution in [1.82, 2.24) is 0 Å². The second-order valence-corrected chi connectivity index (χ2v) is 9.35. The summed E-state index contributed by atoms with van der Waals surface area (Å²) in [5.41, 5.74) is 2.85. The standard InChI is InChI=1S/C25H29F2NO3/c1-6-31-22(30)25(26,27)17-8-10-18(11-9-17)28-21(29)16-7-12-19-20(15-16)24(4,5)14-13-23(19,2)3/h7-12,15H,6,13-14H2,1-5H3,(H,28,29). The summed E-state index contributed by atoms with van der Waals surface area (Å²) >= 11 is 0. The largest absolute Gasteiger partial charge is 0.461 e. The zero-order chi connectivity index (χ0) is 23.0. The maximum absolute atomic E-state index is 14.1. The molecule has 0 unspecified atom stereocenters. The molecule has 1 aliphatic carbocycles. The van der Waals surface area contributed by atoms with Crippen LogP contribution in [0.15, 0.2) is 42.5 Å². The third-order valence-electron chi connectivity index (χ3n) is 6.15. The Morgan fingerprint density at radius 3 is 2.13 bits per heavy atom. The van der Waals surface area contributed by atoms with Crippen LogP contribution in [0.5, 0.6) is 0 Å². The van der Waals surface area contributed by atoms with Gasteiger partial charge in [0.25, 0.3) is 5.91 Å². The first kappa shape index (κ1) is 22.9. The summed E-state index contributed by atoms with van der Waals surface area (Å²) in [7, 11) is 0. The van der Waals surface area contributed by atoms with Crippen LogP contribution in [-0.4, -0.2) is 18.5 Å². The zero-order valence-electron chi connectivity index (χ0n) is 18.6. The number of alkyl halides is 2. The fourth-order valence-corrected chi connectivity index (χ4v) is 4.04. The molecule has 2 aromatic carbocycles. The minimum absolute atomic E-state index is 0.0263. The number of carbonyl (C=O) groups excluding carboxylic acids is 2. The Morgan fingerprint density at radius 2 is 1.55 bits per heavy atom. The van der Waals surface area contributed by atoms with Crippen LogP contribution < -0.4 is 5.32 Å². The van der Waals surface area contributed by atoms with Gasteiger partial charge in [-0.25, -0.2) is 4.79 Å². The number of hydrogen-bond acceptors (Lipinski definition) is 3.